The summed E-state index contributed by atoms with van der Waals surface area (Å²) in [6.45, 7) is 16.1. The van der Waals surface area contributed by atoms with E-state index in [0.29, 0.717) is 12.1 Å². The van der Waals surface area contributed by atoms with Gasteiger partial charge in [-0.05, 0) is 76.3 Å². The number of piperazine rings is 1. The fourth-order valence-electron chi connectivity index (χ4n) is 5.69. The second-order valence-electron chi connectivity index (χ2n) is 10.0. The minimum atomic E-state index is 0.164. The van der Waals surface area contributed by atoms with Crippen molar-refractivity contribution in [3.05, 3.63) is 65.0 Å². The van der Waals surface area contributed by atoms with Crippen LogP contribution in [-0.2, 0) is 0 Å². The van der Waals surface area contributed by atoms with Gasteiger partial charge in [0.1, 0.15) is 0 Å². The number of carbonyl (C=O) groups is 1. The van der Waals surface area contributed by atoms with Crippen LogP contribution >= 0.6 is 0 Å². The number of aromatic nitrogens is 1. The molecule has 1 aromatic heterocycles. The Morgan fingerprint density at radius 1 is 1.03 bits per heavy atom. The average Bonchev–Trinajstić information content (AvgIpc) is 2.79. The molecule has 5 nitrogen and oxygen atoms in total. The lowest BCUT2D eigenvalue weighted by molar-refractivity contribution is -0.0278. The van der Waals surface area contributed by atoms with E-state index in [9.17, 15) is 4.79 Å². The monoisotopic (exact) mass is 434 g/mol. The largest absolute Gasteiger partial charge is 0.338 e. The van der Waals surface area contributed by atoms with Gasteiger partial charge in [-0.3, -0.25) is 19.6 Å². The van der Waals surface area contributed by atoms with Crippen LogP contribution in [0.2, 0.25) is 0 Å². The molecule has 172 valence electrons. The van der Waals surface area contributed by atoms with Gasteiger partial charge in [0.2, 0.25) is 0 Å². The Morgan fingerprint density at radius 3 is 2.25 bits per heavy atom. The van der Waals surface area contributed by atoms with E-state index in [1.165, 1.54) is 5.56 Å². The normalized spacial score (nSPS) is 23.2. The Bertz CT molecular complexity index is 916. The molecule has 1 amide bonds. The van der Waals surface area contributed by atoms with Gasteiger partial charge in [0, 0.05) is 68.3 Å². The van der Waals surface area contributed by atoms with E-state index in [-0.39, 0.29) is 11.4 Å². The Kier molecular flexibility index (Phi) is 6.68. The van der Waals surface area contributed by atoms with Crippen molar-refractivity contribution in [2.45, 2.75) is 65.1 Å². The number of pyridine rings is 1. The number of hydrogen-bond acceptors (Lipinski definition) is 4. The zero-order valence-electron chi connectivity index (χ0n) is 20.3. The summed E-state index contributed by atoms with van der Waals surface area (Å²) >= 11 is 0. The van der Waals surface area contributed by atoms with E-state index >= 15 is 0 Å². The standard InChI is InChI=1S/C27H38N4O/c1-20-7-6-8-21(2)25(20)26(32)29-15-11-27(5,12-16-29)30-17-18-31(22(3)19-30)23(4)24-9-13-28-14-10-24/h6-10,13-14,22-23H,11-12,15-19H2,1-5H3/t22-,23-/m0/s1. The quantitative estimate of drug-likeness (QED) is 0.712. The van der Waals surface area contributed by atoms with Crippen molar-refractivity contribution in [1.29, 1.82) is 0 Å². The molecule has 0 N–H and O–H groups in total. The van der Waals surface area contributed by atoms with E-state index in [2.05, 4.69) is 52.6 Å². The van der Waals surface area contributed by atoms with Crippen LogP contribution in [0.1, 0.15) is 66.7 Å². The van der Waals surface area contributed by atoms with Crippen LogP contribution in [-0.4, -0.2) is 69.9 Å². The summed E-state index contributed by atoms with van der Waals surface area (Å²) in [5.74, 6) is 0.201. The lowest BCUT2D eigenvalue weighted by Gasteiger charge is -2.52. The minimum Gasteiger partial charge on any atom is -0.338 e. The maximum atomic E-state index is 13.2. The van der Waals surface area contributed by atoms with Gasteiger partial charge in [-0.25, -0.2) is 0 Å². The van der Waals surface area contributed by atoms with E-state index < -0.39 is 0 Å². The van der Waals surface area contributed by atoms with Crippen LogP contribution in [0.25, 0.3) is 0 Å². The Morgan fingerprint density at radius 2 is 1.66 bits per heavy atom. The van der Waals surface area contributed by atoms with Crippen molar-refractivity contribution >= 4 is 5.91 Å². The molecule has 1 aromatic carbocycles. The highest BCUT2D eigenvalue weighted by molar-refractivity contribution is 5.97. The van der Waals surface area contributed by atoms with E-state index in [1.54, 1.807) is 0 Å². The zero-order chi connectivity index (χ0) is 22.9. The van der Waals surface area contributed by atoms with Gasteiger partial charge in [-0.15, -0.1) is 0 Å². The third-order valence-electron chi connectivity index (χ3n) is 7.95. The van der Waals surface area contributed by atoms with Crippen LogP contribution in [0.15, 0.2) is 42.7 Å². The van der Waals surface area contributed by atoms with Crippen molar-refractivity contribution in [1.82, 2.24) is 19.7 Å². The number of benzene rings is 1. The van der Waals surface area contributed by atoms with E-state index in [1.807, 2.05) is 44.4 Å². The van der Waals surface area contributed by atoms with Gasteiger partial charge in [0.25, 0.3) is 5.91 Å². The van der Waals surface area contributed by atoms with E-state index in [4.69, 9.17) is 0 Å². The van der Waals surface area contributed by atoms with Crippen LogP contribution in [0.4, 0.5) is 0 Å². The Balaban J connectivity index is 1.37. The van der Waals surface area contributed by atoms with Crippen LogP contribution in [0.5, 0.6) is 0 Å². The molecule has 0 aliphatic carbocycles. The maximum absolute atomic E-state index is 13.2. The smallest absolute Gasteiger partial charge is 0.254 e. The molecule has 4 rings (SSSR count). The highest BCUT2D eigenvalue weighted by Gasteiger charge is 2.40. The summed E-state index contributed by atoms with van der Waals surface area (Å²) in [7, 11) is 0. The lowest BCUT2D eigenvalue weighted by atomic mass is 9.85. The van der Waals surface area contributed by atoms with Crippen LogP contribution < -0.4 is 0 Å². The SMILES string of the molecule is Cc1cccc(C)c1C(=O)N1CCC(C)(N2CCN([C@@H](C)c3ccncc3)[C@@H](C)C2)CC1. The molecular weight excluding hydrogens is 396 g/mol. The van der Waals surface area contributed by atoms with Gasteiger partial charge < -0.3 is 4.90 Å². The number of hydrogen-bond donors (Lipinski definition) is 0. The molecule has 3 heterocycles. The molecule has 2 atom stereocenters. The Hall–Kier alpha value is -2.24. The summed E-state index contributed by atoms with van der Waals surface area (Å²) in [6.07, 6.45) is 5.86. The summed E-state index contributed by atoms with van der Waals surface area (Å²) in [6, 6.07) is 11.3. The molecule has 5 heteroatoms. The predicted molar refractivity (Wildman–Crippen MR) is 130 cm³/mol. The van der Waals surface area contributed by atoms with Crippen molar-refractivity contribution in [2.24, 2.45) is 0 Å². The maximum Gasteiger partial charge on any atom is 0.254 e. The Labute approximate surface area is 193 Å². The minimum absolute atomic E-state index is 0.164. The summed E-state index contributed by atoms with van der Waals surface area (Å²) in [4.78, 5) is 24.8. The van der Waals surface area contributed by atoms with Crippen LogP contribution in [0, 0.1) is 13.8 Å². The molecule has 2 fully saturated rings. The molecule has 0 bridgehead atoms. The molecule has 0 unspecified atom stereocenters. The average molecular weight is 435 g/mol. The number of nitrogens with zero attached hydrogens (tertiary/aromatic N) is 4. The first kappa shape index (κ1) is 22.9. The number of carbonyl (C=O) groups excluding carboxylic acids is 1. The molecule has 2 aromatic rings. The topological polar surface area (TPSA) is 39.7 Å². The van der Waals surface area contributed by atoms with Crippen molar-refractivity contribution < 1.29 is 4.79 Å². The third-order valence-corrected chi connectivity index (χ3v) is 7.95. The molecular formula is C27H38N4O. The number of amides is 1. The number of likely N-dealkylation sites (tertiary alicyclic amines) is 1. The summed E-state index contributed by atoms with van der Waals surface area (Å²) < 4.78 is 0. The first-order chi connectivity index (χ1) is 15.3. The van der Waals surface area contributed by atoms with Gasteiger partial charge in [-0.2, -0.15) is 0 Å². The van der Waals surface area contributed by atoms with Gasteiger partial charge in [0.15, 0.2) is 0 Å². The predicted octanol–water partition coefficient (Wildman–Crippen LogP) is 4.46. The van der Waals surface area contributed by atoms with Gasteiger partial charge in [-0.1, -0.05) is 18.2 Å². The molecule has 2 aliphatic heterocycles. The molecule has 0 saturated carbocycles. The number of piperidine rings is 1. The fraction of sp³-hybridized carbons (Fsp3) is 0.556. The van der Waals surface area contributed by atoms with Crippen molar-refractivity contribution in [2.75, 3.05) is 32.7 Å². The summed E-state index contributed by atoms with van der Waals surface area (Å²) in [5, 5.41) is 0. The number of aryl methyl sites for hydroxylation is 2. The van der Waals surface area contributed by atoms with Crippen LogP contribution in [0.3, 0.4) is 0 Å². The van der Waals surface area contributed by atoms with Gasteiger partial charge >= 0.3 is 0 Å². The first-order valence-electron chi connectivity index (χ1n) is 12.1. The molecule has 2 saturated heterocycles. The van der Waals surface area contributed by atoms with Crippen molar-refractivity contribution in [3.63, 3.8) is 0 Å². The number of rotatable bonds is 4. The molecule has 0 radical (unpaired) electrons. The summed E-state index contributed by atoms with van der Waals surface area (Å²) in [5.41, 5.74) is 4.55. The highest BCUT2D eigenvalue weighted by Crippen LogP contribution is 2.33. The third kappa shape index (κ3) is 4.46. The first-order valence-corrected chi connectivity index (χ1v) is 12.1. The van der Waals surface area contributed by atoms with Gasteiger partial charge in [0.05, 0.1) is 0 Å². The van der Waals surface area contributed by atoms with E-state index in [0.717, 1.165) is 62.3 Å². The highest BCUT2D eigenvalue weighted by atomic mass is 16.2. The van der Waals surface area contributed by atoms with Crippen molar-refractivity contribution in [3.8, 4) is 0 Å². The second-order valence-corrected chi connectivity index (χ2v) is 10.0. The molecule has 2 aliphatic rings. The molecule has 0 spiro atoms. The zero-order valence-corrected chi connectivity index (χ0v) is 20.3. The molecule has 32 heavy (non-hydrogen) atoms. The second kappa shape index (κ2) is 9.32. The lowest BCUT2D eigenvalue weighted by Crippen LogP contribution is -2.62. The fourth-order valence-corrected chi connectivity index (χ4v) is 5.69.